The van der Waals surface area contributed by atoms with Crippen molar-refractivity contribution in [3.05, 3.63) is 0 Å². The molecule has 0 aliphatic carbocycles. The van der Waals surface area contributed by atoms with Gasteiger partial charge in [-0.1, -0.05) is 13.3 Å². The van der Waals surface area contributed by atoms with Crippen molar-refractivity contribution in [2.45, 2.75) is 56.4 Å². The summed E-state index contributed by atoms with van der Waals surface area (Å²) in [6.45, 7) is 1.43. The minimum Gasteiger partial charge on any atom is -0.480 e. The lowest BCUT2D eigenvalue weighted by atomic mass is 10.1. The van der Waals surface area contributed by atoms with Gasteiger partial charge in [0.05, 0.1) is 0 Å². The van der Waals surface area contributed by atoms with Gasteiger partial charge in [-0.3, -0.25) is 19.2 Å². The molecule has 3 atom stereocenters. The van der Waals surface area contributed by atoms with Gasteiger partial charge in [-0.05, 0) is 19.3 Å². The molecule has 0 aliphatic heterocycles. The number of aliphatic carboxylic acids is 2. The number of carboxylic acids is 2. The molecule has 0 bridgehead atoms. The number of aliphatic hydroxyl groups excluding tert-OH is 1. The van der Waals surface area contributed by atoms with E-state index >= 15 is 0 Å². The third kappa shape index (κ3) is 12.2. The fourth-order valence-corrected chi connectivity index (χ4v) is 3.53. The van der Waals surface area contributed by atoms with E-state index in [0.29, 0.717) is 6.42 Å². The summed E-state index contributed by atoms with van der Waals surface area (Å²) in [4.78, 5) is 45.5. The standard InChI is InChI=1S/C16H29N3O7S/c1-2-3-10(6-7-20)27-9-12(15(24)18-8-14(22)23)19-13(21)5-4-11(17)16(25)26/h10-12,20H,2-9,17H2,1H3,(H,18,24)(H,19,21)(H,22,23)(H,25,26). The summed E-state index contributed by atoms with van der Waals surface area (Å²) in [6.07, 6.45) is 2.02. The number of carbonyl (C=O) groups excluding carboxylic acids is 2. The van der Waals surface area contributed by atoms with Crippen molar-refractivity contribution < 1.29 is 34.5 Å². The van der Waals surface area contributed by atoms with Gasteiger partial charge in [0.2, 0.25) is 11.8 Å². The van der Waals surface area contributed by atoms with Crippen molar-refractivity contribution in [2.24, 2.45) is 5.73 Å². The fourth-order valence-electron chi connectivity index (χ4n) is 2.15. The van der Waals surface area contributed by atoms with E-state index in [1.807, 2.05) is 6.92 Å². The van der Waals surface area contributed by atoms with Crippen molar-refractivity contribution in [1.29, 1.82) is 0 Å². The van der Waals surface area contributed by atoms with Crippen LogP contribution in [0.3, 0.4) is 0 Å². The number of rotatable bonds is 15. The smallest absolute Gasteiger partial charge is 0.322 e. The molecule has 27 heavy (non-hydrogen) atoms. The Morgan fingerprint density at radius 3 is 2.30 bits per heavy atom. The molecular formula is C16H29N3O7S. The van der Waals surface area contributed by atoms with Crippen LogP contribution in [0, 0.1) is 0 Å². The quantitative estimate of drug-likeness (QED) is 0.201. The van der Waals surface area contributed by atoms with Crippen LogP contribution < -0.4 is 16.4 Å². The first-order chi connectivity index (χ1) is 12.7. The van der Waals surface area contributed by atoms with Crippen molar-refractivity contribution in [2.75, 3.05) is 18.9 Å². The van der Waals surface area contributed by atoms with Crippen LogP contribution in [-0.4, -0.2) is 75.3 Å². The molecule has 156 valence electrons. The first kappa shape index (κ1) is 25.1. The normalized spacial score (nSPS) is 14.0. The molecule has 0 aromatic heterocycles. The predicted octanol–water partition coefficient (Wildman–Crippen LogP) is -0.852. The Bertz CT molecular complexity index is 498. The van der Waals surface area contributed by atoms with Gasteiger partial charge in [0.15, 0.2) is 0 Å². The van der Waals surface area contributed by atoms with Crippen LogP contribution in [0.5, 0.6) is 0 Å². The van der Waals surface area contributed by atoms with Crippen LogP contribution in [0.4, 0.5) is 0 Å². The fraction of sp³-hybridized carbons (Fsp3) is 0.750. The molecule has 0 aromatic carbocycles. The van der Waals surface area contributed by atoms with Crippen molar-refractivity contribution in [1.82, 2.24) is 10.6 Å². The van der Waals surface area contributed by atoms with Crippen molar-refractivity contribution >= 4 is 35.5 Å². The predicted molar refractivity (Wildman–Crippen MR) is 100 cm³/mol. The summed E-state index contributed by atoms with van der Waals surface area (Å²) in [5.41, 5.74) is 5.35. The van der Waals surface area contributed by atoms with E-state index in [0.717, 1.165) is 12.8 Å². The Morgan fingerprint density at radius 2 is 1.78 bits per heavy atom. The summed E-state index contributed by atoms with van der Waals surface area (Å²) < 4.78 is 0. The van der Waals surface area contributed by atoms with E-state index in [-0.39, 0.29) is 30.5 Å². The van der Waals surface area contributed by atoms with Gasteiger partial charge in [-0.2, -0.15) is 11.8 Å². The first-order valence-corrected chi connectivity index (χ1v) is 9.75. The van der Waals surface area contributed by atoms with E-state index < -0.39 is 42.4 Å². The summed E-state index contributed by atoms with van der Waals surface area (Å²) in [5, 5.41) is 31.3. The van der Waals surface area contributed by atoms with Crippen LogP contribution in [0.1, 0.15) is 39.0 Å². The van der Waals surface area contributed by atoms with E-state index in [9.17, 15) is 19.2 Å². The number of nitrogens with two attached hydrogens (primary N) is 1. The summed E-state index contributed by atoms with van der Waals surface area (Å²) in [6, 6.07) is -2.15. The van der Waals surface area contributed by atoms with E-state index in [2.05, 4.69) is 10.6 Å². The molecule has 0 saturated heterocycles. The summed E-state index contributed by atoms with van der Waals surface area (Å²) >= 11 is 1.41. The third-order valence-electron chi connectivity index (χ3n) is 3.63. The number of nitrogens with one attached hydrogen (secondary N) is 2. The van der Waals surface area contributed by atoms with Gasteiger partial charge < -0.3 is 31.7 Å². The molecule has 3 unspecified atom stereocenters. The maximum atomic E-state index is 12.2. The molecule has 0 spiro atoms. The van der Waals surface area contributed by atoms with E-state index in [4.69, 9.17) is 21.1 Å². The van der Waals surface area contributed by atoms with Gasteiger partial charge in [0.25, 0.3) is 0 Å². The molecule has 10 nitrogen and oxygen atoms in total. The van der Waals surface area contributed by atoms with Gasteiger partial charge in [-0.25, -0.2) is 0 Å². The second kappa shape index (κ2) is 14.2. The van der Waals surface area contributed by atoms with Crippen LogP contribution in [-0.2, 0) is 19.2 Å². The van der Waals surface area contributed by atoms with Crippen molar-refractivity contribution in [3.8, 4) is 0 Å². The van der Waals surface area contributed by atoms with Crippen LogP contribution >= 0.6 is 11.8 Å². The molecule has 11 heteroatoms. The number of hydrogen-bond donors (Lipinski definition) is 6. The maximum Gasteiger partial charge on any atom is 0.322 e. The Morgan fingerprint density at radius 1 is 1.11 bits per heavy atom. The zero-order valence-electron chi connectivity index (χ0n) is 15.3. The highest BCUT2D eigenvalue weighted by molar-refractivity contribution is 7.99. The molecule has 7 N–H and O–H groups in total. The van der Waals surface area contributed by atoms with Crippen LogP contribution in [0.15, 0.2) is 0 Å². The molecule has 0 aromatic rings. The van der Waals surface area contributed by atoms with Gasteiger partial charge in [0.1, 0.15) is 18.6 Å². The van der Waals surface area contributed by atoms with Gasteiger partial charge in [0, 0.05) is 24.0 Å². The molecule has 2 amide bonds. The molecule has 0 heterocycles. The highest BCUT2D eigenvalue weighted by Gasteiger charge is 2.23. The Kier molecular flexibility index (Phi) is 13.3. The monoisotopic (exact) mass is 407 g/mol. The molecule has 0 radical (unpaired) electrons. The van der Waals surface area contributed by atoms with E-state index in [1.54, 1.807) is 0 Å². The number of amides is 2. The summed E-state index contributed by atoms with van der Waals surface area (Å²) in [7, 11) is 0. The third-order valence-corrected chi connectivity index (χ3v) is 5.09. The lowest BCUT2D eigenvalue weighted by molar-refractivity contribution is -0.139. The Balaban J connectivity index is 4.80. The van der Waals surface area contributed by atoms with E-state index in [1.165, 1.54) is 11.8 Å². The number of carboxylic acid groups (broad SMARTS) is 2. The van der Waals surface area contributed by atoms with Crippen LogP contribution in [0.25, 0.3) is 0 Å². The second-order valence-electron chi connectivity index (χ2n) is 5.97. The summed E-state index contributed by atoms with van der Waals surface area (Å²) in [5.74, 6) is -3.41. The molecular weight excluding hydrogens is 378 g/mol. The average molecular weight is 407 g/mol. The highest BCUT2D eigenvalue weighted by atomic mass is 32.2. The molecule has 0 fully saturated rings. The van der Waals surface area contributed by atoms with Gasteiger partial charge >= 0.3 is 11.9 Å². The molecule has 0 aliphatic rings. The Labute approximate surface area is 162 Å². The second-order valence-corrected chi connectivity index (χ2v) is 7.30. The first-order valence-electron chi connectivity index (χ1n) is 8.70. The Hall–Kier alpha value is -1.85. The zero-order chi connectivity index (χ0) is 20.8. The SMILES string of the molecule is CCCC(CCO)SCC(NC(=O)CCC(N)C(=O)O)C(=O)NCC(=O)O. The maximum absolute atomic E-state index is 12.2. The largest absolute Gasteiger partial charge is 0.480 e. The number of thioether (sulfide) groups is 1. The molecule has 0 saturated carbocycles. The van der Waals surface area contributed by atoms with Crippen molar-refractivity contribution in [3.63, 3.8) is 0 Å². The molecule has 0 rings (SSSR count). The zero-order valence-corrected chi connectivity index (χ0v) is 16.2. The van der Waals surface area contributed by atoms with Crippen LogP contribution in [0.2, 0.25) is 0 Å². The number of hydrogen-bond acceptors (Lipinski definition) is 7. The minimum atomic E-state index is -1.22. The number of aliphatic hydroxyl groups is 1. The number of carbonyl (C=O) groups is 4. The average Bonchev–Trinajstić information content (AvgIpc) is 2.60. The highest BCUT2D eigenvalue weighted by Crippen LogP contribution is 2.20. The lowest BCUT2D eigenvalue weighted by Crippen LogP contribution is -2.49. The lowest BCUT2D eigenvalue weighted by Gasteiger charge is -2.21. The van der Waals surface area contributed by atoms with Gasteiger partial charge in [-0.15, -0.1) is 0 Å². The topological polar surface area (TPSA) is 179 Å². The minimum absolute atomic E-state index is 0.00692.